The molecule has 0 bridgehead atoms. The van der Waals surface area contributed by atoms with Crippen molar-refractivity contribution in [1.82, 2.24) is 15.1 Å². The summed E-state index contributed by atoms with van der Waals surface area (Å²) >= 11 is 3.45. The van der Waals surface area contributed by atoms with Crippen LogP contribution in [0, 0.1) is 0 Å². The summed E-state index contributed by atoms with van der Waals surface area (Å²) in [6, 6.07) is 2.02. The molecule has 1 atom stereocenters. The van der Waals surface area contributed by atoms with Crippen LogP contribution in [0.2, 0.25) is 0 Å². The average Bonchev–Trinajstić information content (AvgIpc) is 2.29. The smallest absolute Gasteiger partial charge is 0.247 e. The Morgan fingerprint density at radius 2 is 2.31 bits per heavy atom. The molecule has 88 valence electrons. The van der Waals surface area contributed by atoms with E-state index in [2.05, 4.69) is 38.1 Å². The van der Waals surface area contributed by atoms with Gasteiger partial charge in [0.25, 0.3) is 0 Å². The van der Waals surface area contributed by atoms with E-state index in [-0.39, 0.29) is 0 Å². The van der Waals surface area contributed by atoms with Crippen molar-refractivity contribution in [3.8, 4) is 5.88 Å². The molecule has 4 nitrogen and oxygen atoms in total. The molecular formula is C11H16BrN3O. The SMILES string of the molecule is COc1nnc(C2CCCN(C)C2)cc1Br. The monoisotopic (exact) mass is 285 g/mol. The molecule has 2 heterocycles. The summed E-state index contributed by atoms with van der Waals surface area (Å²) in [5, 5.41) is 8.30. The summed E-state index contributed by atoms with van der Waals surface area (Å²) in [7, 11) is 3.75. The quantitative estimate of drug-likeness (QED) is 0.834. The Labute approximate surface area is 104 Å². The third kappa shape index (κ3) is 2.52. The first-order chi connectivity index (χ1) is 7.70. The molecule has 0 aliphatic carbocycles. The van der Waals surface area contributed by atoms with Gasteiger partial charge in [0.05, 0.1) is 17.3 Å². The summed E-state index contributed by atoms with van der Waals surface area (Å²) in [5.41, 5.74) is 1.05. The Morgan fingerprint density at radius 3 is 2.94 bits per heavy atom. The van der Waals surface area contributed by atoms with Crippen molar-refractivity contribution in [2.45, 2.75) is 18.8 Å². The normalized spacial score (nSPS) is 22.1. The van der Waals surface area contributed by atoms with Gasteiger partial charge in [-0.05, 0) is 48.4 Å². The van der Waals surface area contributed by atoms with Crippen molar-refractivity contribution in [2.75, 3.05) is 27.2 Å². The molecule has 0 aromatic carbocycles. The van der Waals surface area contributed by atoms with Crippen LogP contribution in [0.25, 0.3) is 0 Å². The molecule has 5 heteroatoms. The van der Waals surface area contributed by atoms with Crippen molar-refractivity contribution < 1.29 is 4.74 Å². The zero-order valence-electron chi connectivity index (χ0n) is 9.61. The van der Waals surface area contributed by atoms with Crippen LogP contribution in [0.5, 0.6) is 5.88 Å². The summed E-state index contributed by atoms with van der Waals surface area (Å²) < 4.78 is 5.96. The molecule has 0 saturated carbocycles. The number of hydrogen-bond donors (Lipinski definition) is 0. The molecular weight excluding hydrogens is 270 g/mol. The maximum absolute atomic E-state index is 5.08. The number of rotatable bonds is 2. The Hall–Kier alpha value is -0.680. The fourth-order valence-electron chi connectivity index (χ4n) is 2.12. The molecule has 0 spiro atoms. The predicted molar refractivity (Wildman–Crippen MR) is 65.8 cm³/mol. The van der Waals surface area contributed by atoms with Crippen LogP contribution in [-0.2, 0) is 0 Å². The zero-order valence-corrected chi connectivity index (χ0v) is 11.2. The van der Waals surface area contributed by atoms with Gasteiger partial charge in [-0.15, -0.1) is 5.10 Å². The first kappa shape index (κ1) is 11.8. The third-order valence-corrected chi connectivity index (χ3v) is 3.54. The van der Waals surface area contributed by atoms with Crippen molar-refractivity contribution in [3.05, 3.63) is 16.2 Å². The molecule has 16 heavy (non-hydrogen) atoms. The summed E-state index contributed by atoms with van der Waals surface area (Å²) in [6.45, 7) is 2.24. The van der Waals surface area contributed by atoms with E-state index in [1.807, 2.05) is 6.07 Å². The maximum atomic E-state index is 5.08. The van der Waals surface area contributed by atoms with Gasteiger partial charge in [0.15, 0.2) is 0 Å². The van der Waals surface area contributed by atoms with Crippen molar-refractivity contribution in [2.24, 2.45) is 0 Å². The molecule has 0 amide bonds. The van der Waals surface area contributed by atoms with Crippen molar-refractivity contribution in [1.29, 1.82) is 0 Å². The lowest BCUT2D eigenvalue weighted by atomic mass is 9.95. The molecule has 0 radical (unpaired) electrons. The second-order valence-corrected chi connectivity index (χ2v) is 5.08. The lowest BCUT2D eigenvalue weighted by molar-refractivity contribution is 0.247. The second kappa shape index (κ2) is 5.10. The van der Waals surface area contributed by atoms with Gasteiger partial charge in [0.2, 0.25) is 5.88 Å². The van der Waals surface area contributed by atoms with Crippen LogP contribution < -0.4 is 4.74 Å². The summed E-state index contributed by atoms with van der Waals surface area (Å²) in [4.78, 5) is 2.34. The zero-order chi connectivity index (χ0) is 11.5. The van der Waals surface area contributed by atoms with Crippen LogP contribution in [-0.4, -0.2) is 42.3 Å². The number of likely N-dealkylation sites (N-methyl/N-ethyl adjacent to an activating group) is 1. The van der Waals surface area contributed by atoms with Gasteiger partial charge in [-0.3, -0.25) is 0 Å². The summed E-state index contributed by atoms with van der Waals surface area (Å²) in [6.07, 6.45) is 2.42. The van der Waals surface area contributed by atoms with Gasteiger partial charge in [0, 0.05) is 12.5 Å². The summed E-state index contributed by atoms with van der Waals surface area (Å²) in [5.74, 6) is 1.04. The first-order valence-corrected chi connectivity index (χ1v) is 6.25. The van der Waals surface area contributed by atoms with E-state index < -0.39 is 0 Å². The number of hydrogen-bond acceptors (Lipinski definition) is 4. The predicted octanol–water partition coefficient (Wildman–Crippen LogP) is 2.06. The standard InChI is InChI=1S/C11H16BrN3O/c1-15-5-3-4-8(7-15)10-6-9(12)11(16-2)14-13-10/h6,8H,3-5,7H2,1-2H3. The highest BCUT2D eigenvalue weighted by molar-refractivity contribution is 9.10. The molecule has 1 aromatic rings. The van der Waals surface area contributed by atoms with Crippen LogP contribution in [0.1, 0.15) is 24.5 Å². The van der Waals surface area contributed by atoms with E-state index in [1.54, 1.807) is 7.11 Å². The van der Waals surface area contributed by atoms with Crippen LogP contribution in [0.3, 0.4) is 0 Å². The Balaban J connectivity index is 2.17. The number of halogens is 1. The minimum atomic E-state index is 0.494. The largest absolute Gasteiger partial charge is 0.479 e. The Kier molecular flexibility index (Phi) is 3.76. The van der Waals surface area contributed by atoms with E-state index >= 15 is 0 Å². The molecule has 1 aliphatic rings. The van der Waals surface area contributed by atoms with Crippen LogP contribution in [0.15, 0.2) is 10.5 Å². The van der Waals surface area contributed by atoms with Gasteiger partial charge in [-0.1, -0.05) is 0 Å². The molecule has 1 aliphatic heterocycles. The van der Waals surface area contributed by atoms with E-state index in [1.165, 1.54) is 19.4 Å². The van der Waals surface area contributed by atoms with E-state index in [0.29, 0.717) is 11.8 Å². The second-order valence-electron chi connectivity index (χ2n) is 4.23. The molecule has 2 rings (SSSR count). The highest BCUT2D eigenvalue weighted by atomic mass is 79.9. The van der Waals surface area contributed by atoms with Gasteiger partial charge in [-0.2, -0.15) is 5.10 Å². The van der Waals surface area contributed by atoms with Gasteiger partial charge in [-0.25, -0.2) is 0 Å². The van der Waals surface area contributed by atoms with E-state index in [9.17, 15) is 0 Å². The molecule has 0 N–H and O–H groups in total. The molecule has 1 unspecified atom stereocenters. The fourth-order valence-corrected chi connectivity index (χ4v) is 2.59. The molecule has 1 saturated heterocycles. The first-order valence-electron chi connectivity index (χ1n) is 5.46. The van der Waals surface area contributed by atoms with Crippen LogP contribution in [0.4, 0.5) is 0 Å². The van der Waals surface area contributed by atoms with E-state index in [0.717, 1.165) is 16.7 Å². The van der Waals surface area contributed by atoms with Gasteiger partial charge in [0.1, 0.15) is 0 Å². The number of piperidine rings is 1. The highest BCUT2D eigenvalue weighted by Crippen LogP contribution is 2.29. The lowest BCUT2D eigenvalue weighted by Gasteiger charge is -2.29. The maximum Gasteiger partial charge on any atom is 0.247 e. The topological polar surface area (TPSA) is 38.3 Å². The third-order valence-electron chi connectivity index (χ3n) is 2.97. The van der Waals surface area contributed by atoms with Gasteiger partial charge >= 0.3 is 0 Å². The lowest BCUT2D eigenvalue weighted by Crippen LogP contribution is -2.31. The number of aromatic nitrogens is 2. The average molecular weight is 286 g/mol. The molecule has 1 fully saturated rings. The van der Waals surface area contributed by atoms with Crippen molar-refractivity contribution in [3.63, 3.8) is 0 Å². The number of methoxy groups -OCH3 is 1. The van der Waals surface area contributed by atoms with Gasteiger partial charge < -0.3 is 9.64 Å². The number of nitrogens with zero attached hydrogens (tertiary/aromatic N) is 3. The Bertz CT molecular complexity index is 372. The van der Waals surface area contributed by atoms with Crippen molar-refractivity contribution >= 4 is 15.9 Å². The Morgan fingerprint density at radius 1 is 1.50 bits per heavy atom. The number of likely N-dealkylation sites (tertiary alicyclic amines) is 1. The minimum absolute atomic E-state index is 0.494. The fraction of sp³-hybridized carbons (Fsp3) is 0.636. The molecule has 1 aromatic heterocycles. The van der Waals surface area contributed by atoms with Crippen LogP contribution >= 0.6 is 15.9 Å². The minimum Gasteiger partial charge on any atom is -0.479 e. The van der Waals surface area contributed by atoms with E-state index in [4.69, 9.17) is 4.74 Å². The highest BCUT2D eigenvalue weighted by Gasteiger charge is 2.21. The number of ether oxygens (including phenoxy) is 1.